The van der Waals surface area contributed by atoms with Gasteiger partial charge < -0.3 is 14.7 Å². The summed E-state index contributed by atoms with van der Waals surface area (Å²) in [4.78, 5) is 15.8. The van der Waals surface area contributed by atoms with E-state index in [2.05, 4.69) is 9.89 Å². The molecule has 5 nitrogen and oxygen atoms in total. The van der Waals surface area contributed by atoms with Crippen LogP contribution in [0, 0.1) is 5.92 Å². The molecule has 0 aromatic heterocycles. The van der Waals surface area contributed by atoms with E-state index in [9.17, 15) is 4.79 Å². The van der Waals surface area contributed by atoms with E-state index in [0.717, 1.165) is 0 Å². The summed E-state index contributed by atoms with van der Waals surface area (Å²) in [6.07, 6.45) is -0.418. The molecule has 0 aliphatic carbocycles. The maximum atomic E-state index is 11.0. The molecule has 1 aliphatic heterocycles. The van der Waals surface area contributed by atoms with Crippen LogP contribution in [-0.2, 0) is 14.4 Å². The Morgan fingerprint density at radius 2 is 2.50 bits per heavy atom. The zero-order valence-electron chi connectivity index (χ0n) is 6.98. The van der Waals surface area contributed by atoms with Gasteiger partial charge in [0.1, 0.15) is 0 Å². The van der Waals surface area contributed by atoms with Crippen molar-refractivity contribution in [1.82, 2.24) is 0 Å². The van der Waals surface area contributed by atoms with Gasteiger partial charge in [-0.05, 0) is 0 Å². The van der Waals surface area contributed by atoms with Crippen molar-refractivity contribution in [3.63, 3.8) is 0 Å². The molecule has 0 aromatic rings. The predicted molar refractivity (Wildman–Crippen MR) is 40.6 cm³/mol. The average Bonchev–Trinajstić information content (AvgIpc) is 2.45. The molecule has 0 saturated heterocycles. The Morgan fingerprint density at radius 1 is 1.83 bits per heavy atom. The van der Waals surface area contributed by atoms with Gasteiger partial charge in [0, 0.05) is 0 Å². The lowest BCUT2D eigenvalue weighted by molar-refractivity contribution is -0.133. The zero-order chi connectivity index (χ0) is 9.14. The van der Waals surface area contributed by atoms with Crippen molar-refractivity contribution < 1.29 is 19.5 Å². The number of hydrogen-bond donors (Lipinski definition) is 1. The lowest BCUT2D eigenvalue weighted by Crippen LogP contribution is -2.28. The number of oxime groups is 1. The van der Waals surface area contributed by atoms with Crippen LogP contribution in [0.15, 0.2) is 5.16 Å². The highest BCUT2D eigenvalue weighted by atomic mass is 16.7. The first-order valence-corrected chi connectivity index (χ1v) is 3.63. The maximum absolute atomic E-state index is 11.0. The fourth-order valence-corrected chi connectivity index (χ4v) is 0.994. The fraction of sp³-hybridized carbons (Fsp3) is 0.714. The highest BCUT2D eigenvalue weighted by molar-refractivity contribution is 6.37. The number of nitrogens with zero attached hydrogens (tertiary/aromatic N) is 1. The van der Waals surface area contributed by atoms with Gasteiger partial charge in [-0.1, -0.05) is 12.1 Å². The van der Waals surface area contributed by atoms with Gasteiger partial charge in [-0.2, -0.15) is 0 Å². The Balaban J connectivity index is 2.64. The lowest BCUT2D eigenvalue weighted by Gasteiger charge is -2.09. The minimum Gasteiger partial charge on any atom is -0.464 e. The third kappa shape index (κ3) is 1.40. The molecule has 5 heteroatoms. The number of carbonyl (C=O) groups is 1. The molecule has 0 aromatic carbocycles. The van der Waals surface area contributed by atoms with Crippen LogP contribution in [0.25, 0.3) is 0 Å². The van der Waals surface area contributed by atoms with Gasteiger partial charge in [0.15, 0.2) is 11.8 Å². The van der Waals surface area contributed by atoms with Gasteiger partial charge in [-0.15, -0.1) is 0 Å². The monoisotopic (exact) mass is 173 g/mol. The molecule has 0 spiro atoms. The largest absolute Gasteiger partial charge is 0.464 e. The second kappa shape index (κ2) is 3.53. The summed E-state index contributed by atoms with van der Waals surface area (Å²) in [5.74, 6) is -0.707. The Hall–Kier alpha value is -1.10. The number of aliphatic hydroxyl groups excluding tert-OH is 1. The van der Waals surface area contributed by atoms with Crippen molar-refractivity contribution in [1.29, 1.82) is 0 Å². The summed E-state index contributed by atoms with van der Waals surface area (Å²) in [6.45, 7) is 1.61. The normalized spacial score (nSPS) is 27.8. The number of ether oxygens (including phenoxy) is 1. The third-order valence-corrected chi connectivity index (χ3v) is 1.85. The zero-order valence-corrected chi connectivity index (χ0v) is 6.98. The van der Waals surface area contributed by atoms with E-state index in [1.54, 1.807) is 6.92 Å². The Kier molecular flexibility index (Phi) is 2.65. The molecule has 12 heavy (non-hydrogen) atoms. The molecule has 2 atom stereocenters. The van der Waals surface area contributed by atoms with Crippen molar-refractivity contribution in [3.8, 4) is 0 Å². The van der Waals surface area contributed by atoms with Crippen LogP contribution in [0.5, 0.6) is 0 Å². The predicted octanol–water partition coefficient (Wildman–Crippen LogP) is -0.457. The van der Waals surface area contributed by atoms with Crippen LogP contribution >= 0.6 is 0 Å². The minimum absolute atomic E-state index is 0.148. The second-order valence-electron chi connectivity index (χ2n) is 2.58. The van der Waals surface area contributed by atoms with Crippen molar-refractivity contribution >= 4 is 11.7 Å². The van der Waals surface area contributed by atoms with Crippen molar-refractivity contribution in [2.45, 2.75) is 13.0 Å². The van der Waals surface area contributed by atoms with Gasteiger partial charge in [-0.25, -0.2) is 4.79 Å². The molecule has 0 fully saturated rings. The summed E-state index contributed by atoms with van der Waals surface area (Å²) in [5, 5.41) is 12.3. The van der Waals surface area contributed by atoms with Gasteiger partial charge in [-0.3, -0.25) is 0 Å². The fourth-order valence-electron chi connectivity index (χ4n) is 0.994. The number of methoxy groups -OCH3 is 1. The summed E-state index contributed by atoms with van der Waals surface area (Å²) >= 11 is 0. The third-order valence-electron chi connectivity index (χ3n) is 1.85. The second-order valence-corrected chi connectivity index (χ2v) is 2.58. The lowest BCUT2D eigenvalue weighted by atomic mass is 10.0. The quantitative estimate of drug-likeness (QED) is 0.574. The Labute approximate surface area is 70.0 Å². The molecule has 1 N–H and O–H groups in total. The van der Waals surface area contributed by atoms with E-state index in [1.165, 1.54) is 7.11 Å². The maximum Gasteiger partial charge on any atom is 0.356 e. The van der Waals surface area contributed by atoms with E-state index in [1.807, 2.05) is 0 Å². The molecule has 68 valence electrons. The van der Waals surface area contributed by atoms with Crippen LogP contribution in [0.3, 0.4) is 0 Å². The van der Waals surface area contributed by atoms with Gasteiger partial charge in [0.2, 0.25) is 0 Å². The van der Waals surface area contributed by atoms with E-state index in [-0.39, 0.29) is 18.2 Å². The molecule has 1 aliphatic rings. The summed E-state index contributed by atoms with van der Waals surface area (Å²) in [6, 6.07) is 0. The van der Waals surface area contributed by atoms with Crippen molar-refractivity contribution in [2.75, 3.05) is 13.7 Å². The van der Waals surface area contributed by atoms with Gasteiger partial charge >= 0.3 is 5.97 Å². The number of esters is 1. The highest BCUT2D eigenvalue weighted by Crippen LogP contribution is 2.17. The first-order valence-electron chi connectivity index (χ1n) is 3.63. The van der Waals surface area contributed by atoms with Gasteiger partial charge in [0.05, 0.1) is 19.6 Å². The molecule has 0 bridgehead atoms. The highest BCUT2D eigenvalue weighted by Gasteiger charge is 2.34. The van der Waals surface area contributed by atoms with E-state index >= 15 is 0 Å². The van der Waals surface area contributed by atoms with E-state index < -0.39 is 12.1 Å². The van der Waals surface area contributed by atoms with Crippen molar-refractivity contribution in [3.05, 3.63) is 0 Å². The Morgan fingerprint density at radius 3 is 2.92 bits per heavy atom. The standard InChI is InChI=1S/C7H11NO4/c1-4-5(3-9)12-8-6(4)7(10)11-2/h4-5,9H,3H2,1-2H3/t4-,5-/m0/s1. The first-order chi connectivity index (χ1) is 5.70. The van der Waals surface area contributed by atoms with Crippen LogP contribution in [0.1, 0.15) is 6.92 Å². The van der Waals surface area contributed by atoms with Crippen LogP contribution in [0.4, 0.5) is 0 Å². The average molecular weight is 173 g/mol. The van der Waals surface area contributed by atoms with Crippen LogP contribution in [-0.4, -0.2) is 36.6 Å². The summed E-state index contributed by atoms with van der Waals surface area (Å²) in [5.41, 5.74) is 0.233. The molecule has 0 saturated carbocycles. The van der Waals surface area contributed by atoms with Gasteiger partial charge in [0.25, 0.3) is 0 Å². The van der Waals surface area contributed by atoms with Crippen LogP contribution in [0.2, 0.25) is 0 Å². The molecule has 0 radical (unpaired) electrons. The molecule has 1 heterocycles. The summed E-state index contributed by atoms with van der Waals surface area (Å²) in [7, 11) is 1.28. The number of carbonyl (C=O) groups excluding carboxylic acids is 1. The number of aliphatic hydroxyl groups is 1. The summed E-state index contributed by atoms with van der Waals surface area (Å²) < 4.78 is 4.47. The van der Waals surface area contributed by atoms with Crippen LogP contribution < -0.4 is 0 Å². The first kappa shape index (κ1) is 8.99. The smallest absolute Gasteiger partial charge is 0.356 e. The Bertz CT molecular complexity index is 213. The molecule has 1 rings (SSSR count). The van der Waals surface area contributed by atoms with Crippen molar-refractivity contribution in [2.24, 2.45) is 11.1 Å². The molecule has 0 unspecified atom stereocenters. The number of hydrogen-bond acceptors (Lipinski definition) is 5. The topological polar surface area (TPSA) is 68.1 Å². The molecular formula is C7H11NO4. The molecule has 0 amide bonds. The number of rotatable bonds is 2. The van der Waals surface area contributed by atoms with E-state index in [0.29, 0.717) is 0 Å². The van der Waals surface area contributed by atoms with E-state index in [4.69, 9.17) is 9.94 Å². The SMILES string of the molecule is COC(=O)C1=NO[C@@H](CO)[C@@H]1C. The minimum atomic E-state index is -0.501. The molecular weight excluding hydrogens is 162 g/mol.